The SMILES string of the molecule is Nc1ncc(CCc2cccc(S(N)(=O)=O)c2)cc1-c1nc2ccccc2o1. The van der Waals surface area contributed by atoms with Crippen molar-refractivity contribution in [3.8, 4) is 11.5 Å². The second-order valence-electron chi connectivity index (χ2n) is 6.46. The summed E-state index contributed by atoms with van der Waals surface area (Å²) in [6.07, 6.45) is 2.97. The third kappa shape index (κ3) is 3.73. The Morgan fingerprint density at radius 2 is 1.75 bits per heavy atom. The van der Waals surface area contributed by atoms with Crippen LogP contribution in [0.5, 0.6) is 0 Å². The summed E-state index contributed by atoms with van der Waals surface area (Å²) in [5.41, 5.74) is 9.90. The highest BCUT2D eigenvalue weighted by Gasteiger charge is 2.13. The lowest BCUT2D eigenvalue weighted by molar-refractivity contribution is 0.597. The third-order valence-corrected chi connectivity index (χ3v) is 5.34. The number of anilines is 1. The number of rotatable bonds is 5. The van der Waals surface area contributed by atoms with E-state index in [0.29, 0.717) is 35.7 Å². The van der Waals surface area contributed by atoms with E-state index in [1.54, 1.807) is 18.3 Å². The quantitative estimate of drug-likeness (QED) is 0.536. The van der Waals surface area contributed by atoms with Gasteiger partial charge < -0.3 is 10.2 Å². The van der Waals surface area contributed by atoms with E-state index >= 15 is 0 Å². The monoisotopic (exact) mass is 394 g/mol. The molecule has 8 heteroatoms. The Labute approximate surface area is 162 Å². The number of pyridine rings is 1. The summed E-state index contributed by atoms with van der Waals surface area (Å²) in [5.74, 6) is 0.760. The molecule has 2 heterocycles. The molecule has 0 fully saturated rings. The number of aromatic nitrogens is 2. The van der Waals surface area contributed by atoms with E-state index in [9.17, 15) is 8.42 Å². The minimum absolute atomic E-state index is 0.104. The number of hydrogen-bond acceptors (Lipinski definition) is 6. The van der Waals surface area contributed by atoms with Crippen LogP contribution in [0, 0.1) is 0 Å². The minimum Gasteiger partial charge on any atom is -0.436 e. The standard InChI is InChI=1S/C20H18N4O3S/c21-19-16(20-24-17-6-1-2-7-18(17)27-20)11-14(12-23-19)9-8-13-4-3-5-15(10-13)28(22,25)26/h1-7,10-12H,8-9H2,(H2,21,23)(H2,22,25,26). The largest absolute Gasteiger partial charge is 0.436 e. The van der Waals surface area contributed by atoms with Crippen molar-refractivity contribution in [1.29, 1.82) is 0 Å². The third-order valence-electron chi connectivity index (χ3n) is 4.43. The predicted molar refractivity (Wildman–Crippen MR) is 107 cm³/mol. The maximum Gasteiger partial charge on any atom is 0.238 e. The van der Waals surface area contributed by atoms with E-state index in [-0.39, 0.29) is 4.90 Å². The van der Waals surface area contributed by atoms with Gasteiger partial charge in [-0.2, -0.15) is 0 Å². The highest BCUT2D eigenvalue weighted by atomic mass is 32.2. The molecule has 0 saturated carbocycles. The number of para-hydroxylation sites is 2. The Morgan fingerprint density at radius 1 is 0.964 bits per heavy atom. The van der Waals surface area contributed by atoms with Crippen LogP contribution >= 0.6 is 0 Å². The fourth-order valence-electron chi connectivity index (χ4n) is 2.98. The summed E-state index contributed by atoms with van der Waals surface area (Å²) in [7, 11) is -3.72. The molecule has 2 aromatic heterocycles. The maximum atomic E-state index is 11.5. The van der Waals surface area contributed by atoms with E-state index in [0.717, 1.165) is 16.6 Å². The van der Waals surface area contributed by atoms with Crippen LogP contribution in [-0.2, 0) is 22.9 Å². The van der Waals surface area contributed by atoms with Crippen molar-refractivity contribution in [3.63, 3.8) is 0 Å². The van der Waals surface area contributed by atoms with E-state index < -0.39 is 10.0 Å². The second kappa shape index (κ2) is 7.06. The molecule has 7 nitrogen and oxygen atoms in total. The number of benzene rings is 2. The second-order valence-corrected chi connectivity index (χ2v) is 8.02. The highest BCUT2D eigenvalue weighted by Crippen LogP contribution is 2.28. The van der Waals surface area contributed by atoms with Gasteiger partial charge in [0, 0.05) is 6.20 Å². The molecule has 2 aromatic carbocycles. The van der Waals surface area contributed by atoms with Gasteiger partial charge in [-0.25, -0.2) is 23.5 Å². The maximum absolute atomic E-state index is 11.5. The summed E-state index contributed by atoms with van der Waals surface area (Å²) in [6, 6.07) is 16.0. The van der Waals surface area contributed by atoms with Gasteiger partial charge in [0.1, 0.15) is 11.3 Å². The average molecular weight is 394 g/mol. The number of hydrogen-bond donors (Lipinski definition) is 2. The smallest absolute Gasteiger partial charge is 0.238 e. The first-order valence-corrected chi connectivity index (χ1v) is 10.2. The van der Waals surface area contributed by atoms with Gasteiger partial charge in [0.15, 0.2) is 5.58 Å². The van der Waals surface area contributed by atoms with Crippen LogP contribution in [0.1, 0.15) is 11.1 Å². The molecule has 0 saturated heterocycles. The molecule has 0 amide bonds. The molecule has 4 N–H and O–H groups in total. The van der Waals surface area contributed by atoms with Gasteiger partial charge in [-0.3, -0.25) is 0 Å². The van der Waals surface area contributed by atoms with E-state index in [2.05, 4.69) is 9.97 Å². The van der Waals surface area contributed by atoms with Crippen LogP contribution < -0.4 is 10.9 Å². The Bertz CT molecular complexity index is 1230. The molecule has 0 aliphatic carbocycles. The molecule has 4 rings (SSSR count). The highest BCUT2D eigenvalue weighted by molar-refractivity contribution is 7.89. The van der Waals surface area contributed by atoms with E-state index in [1.807, 2.05) is 36.4 Å². The molecule has 0 radical (unpaired) electrons. The number of primary sulfonamides is 1. The number of nitrogen functional groups attached to an aromatic ring is 1. The lowest BCUT2D eigenvalue weighted by Gasteiger charge is -2.07. The summed E-state index contributed by atoms with van der Waals surface area (Å²) in [6.45, 7) is 0. The molecule has 0 aliphatic heterocycles. The molecule has 0 aliphatic rings. The summed E-state index contributed by atoms with van der Waals surface area (Å²) in [4.78, 5) is 8.84. The summed E-state index contributed by atoms with van der Waals surface area (Å²) < 4.78 is 28.8. The van der Waals surface area contributed by atoms with Crippen LogP contribution in [-0.4, -0.2) is 18.4 Å². The Balaban J connectivity index is 1.59. The van der Waals surface area contributed by atoms with Crippen LogP contribution in [0.15, 0.2) is 70.1 Å². The Morgan fingerprint density at radius 3 is 2.54 bits per heavy atom. The molecular formula is C20H18N4O3S. The van der Waals surface area contributed by atoms with Crippen molar-refractivity contribution in [2.24, 2.45) is 5.14 Å². The van der Waals surface area contributed by atoms with E-state index in [1.165, 1.54) is 6.07 Å². The average Bonchev–Trinajstić information content (AvgIpc) is 3.11. The lowest BCUT2D eigenvalue weighted by atomic mass is 10.0. The topological polar surface area (TPSA) is 125 Å². The number of nitrogens with zero attached hydrogens (tertiary/aromatic N) is 2. The van der Waals surface area contributed by atoms with Crippen molar-refractivity contribution < 1.29 is 12.8 Å². The predicted octanol–water partition coefficient (Wildman–Crippen LogP) is 2.90. The van der Waals surface area contributed by atoms with Crippen molar-refractivity contribution >= 4 is 26.9 Å². The van der Waals surface area contributed by atoms with Gasteiger partial charge in [-0.05, 0) is 54.3 Å². The Hall–Kier alpha value is -3.23. The zero-order valence-electron chi connectivity index (χ0n) is 14.9. The molecule has 142 valence electrons. The first-order chi connectivity index (χ1) is 13.4. The summed E-state index contributed by atoms with van der Waals surface area (Å²) >= 11 is 0. The number of nitrogens with two attached hydrogens (primary N) is 2. The zero-order valence-corrected chi connectivity index (χ0v) is 15.7. The normalized spacial score (nSPS) is 11.8. The van der Waals surface area contributed by atoms with Crippen LogP contribution in [0.25, 0.3) is 22.6 Å². The van der Waals surface area contributed by atoms with Gasteiger partial charge in [0.25, 0.3) is 0 Å². The van der Waals surface area contributed by atoms with Crippen LogP contribution in [0.3, 0.4) is 0 Å². The van der Waals surface area contributed by atoms with Gasteiger partial charge in [0.2, 0.25) is 15.9 Å². The first-order valence-electron chi connectivity index (χ1n) is 8.62. The molecule has 0 bridgehead atoms. The fourth-order valence-corrected chi connectivity index (χ4v) is 3.56. The first kappa shape index (κ1) is 18.1. The number of sulfonamides is 1. The van der Waals surface area contributed by atoms with Crippen LogP contribution in [0.4, 0.5) is 5.82 Å². The van der Waals surface area contributed by atoms with Gasteiger partial charge in [-0.15, -0.1) is 0 Å². The molecule has 0 spiro atoms. The minimum atomic E-state index is -3.72. The molecule has 28 heavy (non-hydrogen) atoms. The van der Waals surface area contributed by atoms with Crippen molar-refractivity contribution in [2.45, 2.75) is 17.7 Å². The molecule has 0 atom stereocenters. The fraction of sp³-hybridized carbons (Fsp3) is 0.100. The zero-order chi connectivity index (χ0) is 19.7. The van der Waals surface area contributed by atoms with Crippen LogP contribution in [0.2, 0.25) is 0 Å². The van der Waals surface area contributed by atoms with Gasteiger partial charge in [-0.1, -0.05) is 24.3 Å². The molecular weight excluding hydrogens is 376 g/mol. The number of aryl methyl sites for hydroxylation is 2. The van der Waals surface area contributed by atoms with E-state index in [4.69, 9.17) is 15.3 Å². The van der Waals surface area contributed by atoms with Crippen molar-refractivity contribution in [2.75, 3.05) is 5.73 Å². The molecule has 4 aromatic rings. The van der Waals surface area contributed by atoms with Gasteiger partial charge in [0.05, 0.1) is 10.5 Å². The number of oxazole rings is 1. The Kier molecular flexibility index (Phi) is 4.58. The number of fused-ring (bicyclic) bond motifs is 1. The van der Waals surface area contributed by atoms with Crippen molar-refractivity contribution in [3.05, 3.63) is 71.9 Å². The van der Waals surface area contributed by atoms with Gasteiger partial charge >= 0.3 is 0 Å². The molecule has 0 unspecified atom stereocenters. The lowest BCUT2D eigenvalue weighted by Crippen LogP contribution is -2.12. The van der Waals surface area contributed by atoms with Crippen molar-refractivity contribution in [1.82, 2.24) is 9.97 Å². The summed E-state index contributed by atoms with van der Waals surface area (Å²) in [5, 5.41) is 5.20.